The van der Waals surface area contributed by atoms with E-state index in [1.807, 2.05) is 0 Å². The largest absolute Gasteiger partial charge is 0.0620 e. The van der Waals surface area contributed by atoms with Crippen molar-refractivity contribution in [2.75, 3.05) is 0 Å². The van der Waals surface area contributed by atoms with Crippen LogP contribution in [0.2, 0.25) is 0 Å². The summed E-state index contributed by atoms with van der Waals surface area (Å²) < 4.78 is 0. The number of hydrogen-bond donors (Lipinski definition) is 0. The molecular weight excluding hydrogens is 299 g/mol. The zero-order valence-electron chi connectivity index (χ0n) is 14.1. The molecule has 0 amide bonds. The van der Waals surface area contributed by atoms with Crippen molar-refractivity contribution in [1.29, 1.82) is 0 Å². The topological polar surface area (TPSA) is 0 Å². The van der Waals surface area contributed by atoms with Crippen molar-refractivity contribution in [3.63, 3.8) is 0 Å². The molecule has 0 nitrogen and oxygen atoms in total. The van der Waals surface area contributed by atoms with Crippen LogP contribution < -0.4 is 0 Å². The van der Waals surface area contributed by atoms with Crippen LogP contribution in [0.1, 0.15) is 61.8 Å². The standard InChI is InChI=1S/2C10H14.Ni/c2*1-8(2)10-7-5-4-6-9(10)3;/h2*4-8H,1-3H3;. The maximum atomic E-state index is 2.22. The molecule has 0 aromatic heterocycles. The van der Waals surface area contributed by atoms with Gasteiger partial charge in [-0.2, -0.15) is 0 Å². The summed E-state index contributed by atoms with van der Waals surface area (Å²) >= 11 is 0. The fourth-order valence-corrected chi connectivity index (χ4v) is 2.47. The van der Waals surface area contributed by atoms with Gasteiger partial charge in [-0.25, -0.2) is 0 Å². The van der Waals surface area contributed by atoms with Crippen molar-refractivity contribution in [3.8, 4) is 0 Å². The van der Waals surface area contributed by atoms with Crippen LogP contribution in [-0.2, 0) is 16.5 Å². The van der Waals surface area contributed by atoms with E-state index >= 15 is 0 Å². The Labute approximate surface area is 140 Å². The van der Waals surface area contributed by atoms with E-state index in [-0.39, 0.29) is 16.5 Å². The molecule has 0 fully saturated rings. The van der Waals surface area contributed by atoms with Crippen molar-refractivity contribution in [3.05, 3.63) is 70.8 Å². The van der Waals surface area contributed by atoms with Gasteiger partial charge in [-0.3, -0.25) is 0 Å². The first-order valence-electron chi connectivity index (χ1n) is 7.54. The van der Waals surface area contributed by atoms with E-state index in [1.165, 1.54) is 22.3 Å². The predicted molar refractivity (Wildman–Crippen MR) is 90.5 cm³/mol. The summed E-state index contributed by atoms with van der Waals surface area (Å²) in [5.41, 5.74) is 5.72. The zero-order chi connectivity index (χ0) is 15.1. The summed E-state index contributed by atoms with van der Waals surface area (Å²) in [5, 5.41) is 0. The molecule has 2 aromatic rings. The quantitative estimate of drug-likeness (QED) is 0.573. The van der Waals surface area contributed by atoms with E-state index < -0.39 is 0 Å². The molecule has 0 N–H and O–H groups in total. The summed E-state index contributed by atoms with van der Waals surface area (Å²) in [6.45, 7) is 13.2. The van der Waals surface area contributed by atoms with Crippen LogP contribution in [0.5, 0.6) is 0 Å². The Balaban J connectivity index is 0.000000364. The van der Waals surface area contributed by atoms with Crippen LogP contribution >= 0.6 is 0 Å². The van der Waals surface area contributed by atoms with E-state index in [0.29, 0.717) is 11.8 Å². The average molecular weight is 327 g/mol. The van der Waals surface area contributed by atoms with E-state index in [1.54, 1.807) is 0 Å². The van der Waals surface area contributed by atoms with Crippen LogP contribution in [0.4, 0.5) is 0 Å². The number of benzene rings is 2. The maximum Gasteiger partial charge on any atom is 0 e. The summed E-state index contributed by atoms with van der Waals surface area (Å²) in [6, 6.07) is 17.1. The zero-order valence-corrected chi connectivity index (χ0v) is 15.1. The first-order valence-corrected chi connectivity index (χ1v) is 7.54. The molecule has 0 aliphatic rings. The second kappa shape index (κ2) is 9.79. The predicted octanol–water partition coefficient (Wildman–Crippen LogP) is 6.23. The van der Waals surface area contributed by atoms with E-state index in [4.69, 9.17) is 0 Å². The Morgan fingerprint density at radius 2 is 0.857 bits per heavy atom. The Kier molecular flexibility index (Phi) is 9.30. The summed E-state index contributed by atoms with van der Waals surface area (Å²) in [5.74, 6) is 1.31. The Bertz CT molecular complexity index is 477. The second-order valence-electron chi connectivity index (χ2n) is 6.02. The van der Waals surface area contributed by atoms with Crippen molar-refractivity contribution >= 4 is 0 Å². The number of hydrogen-bond acceptors (Lipinski definition) is 0. The van der Waals surface area contributed by atoms with Gasteiger partial charge >= 0.3 is 0 Å². The van der Waals surface area contributed by atoms with Gasteiger partial charge in [0, 0.05) is 16.5 Å². The molecule has 0 spiro atoms. The molecular formula is C20H28Ni. The van der Waals surface area contributed by atoms with Gasteiger partial charge in [-0.05, 0) is 47.9 Å². The fourth-order valence-electron chi connectivity index (χ4n) is 2.47. The molecule has 1 heteroatoms. The molecule has 0 aliphatic heterocycles. The van der Waals surface area contributed by atoms with Gasteiger partial charge in [0.25, 0.3) is 0 Å². The van der Waals surface area contributed by atoms with Crippen molar-refractivity contribution < 1.29 is 16.5 Å². The molecule has 0 saturated carbocycles. The summed E-state index contributed by atoms with van der Waals surface area (Å²) in [6.07, 6.45) is 0. The van der Waals surface area contributed by atoms with Crippen LogP contribution in [0, 0.1) is 13.8 Å². The van der Waals surface area contributed by atoms with Gasteiger partial charge in [0.05, 0.1) is 0 Å². The average Bonchev–Trinajstić information content (AvgIpc) is 2.40. The van der Waals surface area contributed by atoms with E-state index in [2.05, 4.69) is 90.1 Å². The summed E-state index contributed by atoms with van der Waals surface area (Å²) in [7, 11) is 0. The van der Waals surface area contributed by atoms with E-state index in [0.717, 1.165) is 0 Å². The van der Waals surface area contributed by atoms with Gasteiger partial charge in [0.15, 0.2) is 0 Å². The number of rotatable bonds is 2. The minimum Gasteiger partial charge on any atom is -0.0620 e. The van der Waals surface area contributed by atoms with Crippen LogP contribution in [0.15, 0.2) is 48.5 Å². The number of aryl methyl sites for hydroxylation is 2. The van der Waals surface area contributed by atoms with Crippen LogP contribution in [0.3, 0.4) is 0 Å². The van der Waals surface area contributed by atoms with Gasteiger partial charge in [-0.15, -0.1) is 0 Å². The molecule has 2 aromatic carbocycles. The molecule has 0 unspecified atom stereocenters. The smallest absolute Gasteiger partial charge is 0 e. The third-order valence-corrected chi connectivity index (χ3v) is 3.62. The molecule has 0 radical (unpaired) electrons. The molecule has 0 atom stereocenters. The SMILES string of the molecule is Cc1ccccc1C(C)C.Cc1ccccc1C(C)C.[Ni]. The summed E-state index contributed by atoms with van der Waals surface area (Å²) in [4.78, 5) is 0. The van der Waals surface area contributed by atoms with Gasteiger partial charge < -0.3 is 0 Å². The molecule has 0 bridgehead atoms. The van der Waals surface area contributed by atoms with Crippen molar-refractivity contribution in [1.82, 2.24) is 0 Å². The molecule has 21 heavy (non-hydrogen) atoms. The van der Waals surface area contributed by atoms with Crippen molar-refractivity contribution in [2.24, 2.45) is 0 Å². The van der Waals surface area contributed by atoms with Gasteiger partial charge in [-0.1, -0.05) is 76.2 Å². The monoisotopic (exact) mass is 326 g/mol. The minimum atomic E-state index is 0. The van der Waals surface area contributed by atoms with E-state index in [9.17, 15) is 0 Å². The molecule has 0 aliphatic carbocycles. The van der Waals surface area contributed by atoms with Crippen molar-refractivity contribution in [2.45, 2.75) is 53.4 Å². The normalized spacial score (nSPS) is 9.90. The minimum absolute atomic E-state index is 0. The Morgan fingerprint density at radius 3 is 1.05 bits per heavy atom. The molecule has 118 valence electrons. The molecule has 0 heterocycles. The third kappa shape index (κ3) is 6.49. The first-order chi connectivity index (χ1) is 9.43. The second-order valence-corrected chi connectivity index (χ2v) is 6.02. The van der Waals surface area contributed by atoms with Gasteiger partial charge in [0.2, 0.25) is 0 Å². The molecule has 0 saturated heterocycles. The first kappa shape index (κ1) is 19.9. The van der Waals surface area contributed by atoms with Gasteiger partial charge in [0.1, 0.15) is 0 Å². The Morgan fingerprint density at radius 1 is 0.571 bits per heavy atom. The molecule has 2 rings (SSSR count). The third-order valence-electron chi connectivity index (χ3n) is 3.62. The maximum absolute atomic E-state index is 2.22. The Hall–Kier alpha value is -1.07. The van der Waals surface area contributed by atoms with Crippen LogP contribution in [-0.4, -0.2) is 0 Å². The van der Waals surface area contributed by atoms with Crippen LogP contribution in [0.25, 0.3) is 0 Å². The fraction of sp³-hybridized carbons (Fsp3) is 0.400.